The topological polar surface area (TPSA) is 101 Å². The first-order chi connectivity index (χ1) is 14.1. The van der Waals surface area contributed by atoms with Crippen LogP contribution < -0.4 is 20.7 Å². The normalized spacial score (nSPS) is 19.0. The van der Waals surface area contributed by atoms with Gasteiger partial charge in [0.2, 0.25) is 17.7 Å². The Morgan fingerprint density at radius 1 is 1.14 bits per heavy atom. The van der Waals surface area contributed by atoms with Gasteiger partial charge in [-0.25, -0.2) is 9.97 Å². The average molecular weight is 413 g/mol. The van der Waals surface area contributed by atoms with Crippen molar-refractivity contribution in [2.24, 2.45) is 0 Å². The fourth-order valence-electron chi connectivity index (χ4n) is 3.58. The van der Waals surface area contributed by atoms with Gasteiger partial charge in [0.15, 0.2) is 0 Å². The van der Waals surface area contributed by atoms with E-state index in [1.54, 1.807) is 37.6 Å². The van der Waals surface area contributed by atoms with Crippen molar-refractivity contribution in [1.29, 1.82) is 0 Å². The predicted molar refractivity (Wildman–Crippen MR) is 115 cm³/mol. The molecule has 4 rings (SSSR count). The van der Waals surface area contributed by atoms with Crippen LogP contribution in [0.5, 0.6) is 5.88 Å². The summed E-state index contributed by atoms with van der Waals surface area (Å²) in [5, 5.41) is 11.9. The Hall–Kier alpha value is -2.94. The Labute approximate surface area is 173 Å². The minimum absolute atomic E-state index is 0.0428. The number of nitrogens with one attached hydrogen (secondary N) is 3. The molecule has 0 radical (unpaired) electrons. The van der Waals surface area contributed by atoms with E-state index in [0.29, 0.717) is 17.9 Å². The summed E-state index contributed by atoms with van der Waals surface area (Å²) in [4.78, 5) is 24.8. The van der Waals surface area contributed by atoms with Crippen LogP contribution in [0.2, 0.25) is 0 Å². The number of aromatic nitrogens is 3. The molecule has 0 unspecified atom stereocenters. The summed E-state index contributed by atoms with van der Waals surface area (Å²) in [6, 6.07) is 6.27. The monoisotopic (exact) mass is 412 g/mol. The lowest BCUT2D eigenvalue weighted by Gasteiger charge is -2.29. The summed E-state index contributed by atoms with van der Waals surface area (Å²) in [6.45, 7) is 1.58. The molecular weight excluding hydrogens is 388 g/mol. The van der Waals surface area contributed by atoms with Gasteiger partial charge in [0.25, 0.3) is 0 Å². The Morgan fingerprint density at radius 2 is 1.93 bits per heavy atom. The molecule has 29 heavy (non-hydrogen) atoms. The SMILES string of the molecule is COc1ccc(Nc2nc(NC3CCC(NC(C)=O)CC3)c3sccc3n2)cn1. The van der Waals surface area contributed by atoms with E-state index in [1.807, 2.05) is 17.5 Å². The van der Waals surface area contributed by atoms with Gasteiger partial charge >= 0.3 is 0 Å². The van der Waals surface area contributed by atoms with Crippen LogP contribution in [0.4, 0.5) is 17.5 Å². The Kier molecular flexibility index (Phi) is 5.75. The lowest BCUT2D eigenvalue weighted by Crippen LogP contribution is -2.39. The van der Waals surface area contributed by atoms with Crippen molar-refractivity contribution in [1.82, 2.24) is 20.3 Å². The predicted octanol–water partition coefficient (Wildman–Crippen LogP) is 3.70. The third-order valence-corrected chi connectivity index (χ3v) is 5.89. The van der Waals surface area contributed by atoms with Crippen LogP contribution in [0.1, 0.15) is 32.6 Å². The van der Waals surface area contributed by atoms with Crippen molar-refractivity contribution in [2.45, 2.75) is 44.7 Å². The van der Waals surface area contributed by atoms with Gasteiger partial charge in [-0.3, -0.25) is 4.79 Å². The number of nitrogens with zero attached hydrogens (tertiary/aromatic N) is 3. The van der Waals surface area contributed by atoms with E-state index >= 15 is 0 Å². The number of ether oxygens (including phenoxy) is 1. The molecule has 0 aromatic carbocycles. The number of fused-ring (bicyclic) bond motifs is 1. The summed E-state index contributed by atoms with van der Waals surface area (Å²) < 4.78 is 6.15. The average Bonchev–Trinajstić information content (AvgIpc) is 3.19. The molecule has 0 bridgehead atoms. The van der Waals surface area contributed by atoms with Crippen LogP contribution in [-0.2, 0) is 4.79 Å². The largest absolute Gasteiger partial charge is 0.481 e. The highest BCUT2D eigenvalue weighted by atomic mass is 32.1. The van der Waals surface area contributed by atoms with Gasteiger partial charge in [-0.05, 0) is 43.2 Å². The van der Waals surface area contributed by atoms with Crippen LogP contribution in [0.15, 0.2) is 29.8 Å². The summed E-state index contributed by atoms with van der Waals surface area (Å²) in [6.07, 6.45) is 5.62. The maximum atomic E-state index is 11.3. The van der Waals surface area contributed by atoms with Gasteiger partial charge < -0.3 is 20.7 Å². The first-order valence-corrected chi connectivity index (χ1v) is 10.5. The van der Waals surface area contributed by atoms with Gasteiger partial charge in [-0.2, -0.15) is 4.98 Å². The molecule has 0 saturated heterocycles. The summed E-state index contributed by atoms with van der Waals surface area (Å²) in [7, 11) is 1.59. The molecule has 1 aliphatic carbocycles. The van der Waals surface area contributed by atoms with E-state index < -0.39 is 0 Å². The molecule has 3 aromatic heterocycles. The van der Waals surface area contributed by atoms with E-state index in [9.17, 15) is 4.79 Å². The van der Waals surface area contributed by atoms with E-state index in [-0.39, 0.29) is 11.9 Å². The van der Waals surface area contributed by atoms with E-state index in [2.05, 4.69) is 25.9 Å². The highest BCUT2D eigenvalue weighted by Gasteiger charge is 2.23. The Balaban J connectivity index is 1.48. The van der Waals surface area contributed by atoms with Crippen LogP contribution in [0.25, 0.3) is 10.2 Å². The minimum Gasteiger partial charge on any atom is -0.481 e. The fourth-order valence-corrected chi connectivity index (χ4v) is 4.37. The van der Waals surface area contributed by atoms with Crippen molar-refractivity contribution in [2.75, 3.05) is 17.7 Å². The zero-order valence-corrected chi connectivity index (χ0v) is 17.3. The number of carbonyl (C=O) groups excluding carboxylic acids is 1. The van der Waals surface area contributed by atoms with Crippen molar-refractivity contribution in [3.63, 3.8) is 0 Å². The number of pyridine rings is 1. The number of amides is 1. The smallest absolute Gasteiger partial charge is 0.229 e. The summed E-state index contributed by atoms with van der Waals surface area (Å²) in [5.74, 6) is 1.97. The second-order valence-electron chi connectivity index (χ2n) is 7.14. The molecule has 0 spiro atoms. The second kappa shape index (κ2) is 8.60. The number of anilines is 3. The number of rotatable bonds is 6. The minimum atomic E-state index is 0.0428. The highest BCUT2D eigenvalue weighted by molar-refractivity contribution is 7.17. The first kappa shape index (κ1) is 19.4. The molecule has 1 saturated carbocycles. The van der Waals surface area contributed by atoms with Crippen LogP contribution in [0, 0.1) is 0 Å². The molecule has 152 valence electrons. The molecule has 8 nitrogen and oxygen atoms in total. The number of methoxy groups -OCH3 is 1. The standard InChI is InChI=1S/C20H24N6O2S/c1-12(27)22-13-3-5-14(6-4-13)23-19-18-16(9-10-29-18)25-20(26-19)24-15-7-8-17(28-2)21-11-15/h7-11,13-14H,3-6H2,1-2H3,(H,22,27)(H2,23,24,25,26). The van der Waals surface area contributed by atoms with E-state index in [0.717, 1.165) is 47.4 Å². The van der Waals surface area contributed by atoms with Crippen molar-refractivity contribution in [3.05, 3.63) is 29.8 Å². The van der Waals surface area contributed by atoms with E-state index in [4.69, 9.17) is 9.72 Å². The maximum Gasteiger partial charge on any atom is 0.229 e. The highest BCUT2D eigenvalue weighted by Crippen LogP contribution is 2.31. The quantitative estimate of drug-likeness (QED) is 0.567. The van der Waals surface area contributed by atoms with Crippen molar-refractivity contribution < 1.29 is 9.53 Å². The molecule has 0 aliphatic heterocycles. The van der Waals surface area contributed by atoms with Gasteiger partial charge in [-0.1, -0.05) is 0 Å². The number of thiophene rings is 1. The van der Waals surface area contributed by atoms with Gasteiger partial charge in [0.1, 0.15) is 5.82 Å². The molecule has 1 aliphatic rings. The van der Waals surface area contributed by atoms with E-state index in [1.165, 1.54) is 0 Å². The van der Waals surface area contributed by atoms with Crippen LogP contribution in [-0.4, -0.2) is 40.1 Å². The molecule has 3 heterocycles. The third kappa shape index (κ3) is 4.73. The molecular formula is C20H24N6O2S. The molecule has 3 aromatic rings. The van der Waals surface area contributed by atoms with Gasteiger partial charge in [-0.15, -0.1) is 11.3 Å². The Bertz CT molecular complexity index is 982. The maximum absolute atomic E-state index is 11.3. The first-order valence-electron chi connectivity index (χ1n) is 9.66. The summed E-state index contributed by atoms with van der Waals surface area (Å²) in [5.41, 5.74) is 1.70. The number of carbonyl (C=O) groups is 1. The van der Waals surface area contributed by atoms with Gasteiger partial charge in [0.05, 0.1) is 29.2 Å². The van der Waals surface area contributed by atoms with Crippen molar-refractivity contribution in [3.8, 4) is 5.88 Å². The third-order valence-electron chi connectivity index (χ3n) is 4.98. The number of hydrogen-bond donors (Lipinski definition) is 3. The zero-order chi connectivity index (χ0) is 20.2. The molecule has 1 amide bonds. The fraction of sp³-hybridized carbons (Fsp3) is 0.400. The Morgan fingerprint density at radius 3 is 2.62 bits per heavy atom. The van der Waals surface area contributed by atoms with Gasteiger partial charge in [0, 0.05) is 25.1 Å². The molecule has 1 fully saturated rings. The molecule has 3 N–H and O–H groups in total. The lowest BCUT2D eigenvalue weighted by atomic mass is 9.91. The van der Waals surface area contributed by atoms with Crippen molar-refractivity contribution >= 4 is 44.9 Å². The van der Waals surface area contributed by atoms with Crippen LogP contribution in [0.3, 0.4) is 0 Å². The summed E-state index contributed by atoms with van der Waals surface area (Å²) >= 11 is 1.63. The second-order valence-corrected chi connectivity index (χ2v) is 8.05. The lowest BCUT2D eigenvalue weighted by molar-refractivity contribution is -0.119. The molecule has 0 atom stereocenters. The molecule has 9 heteroatoms. The zero-order valence-electron chi connectivity index (χ0n) is 16.4. The number of hydrogen-bond acceptors (Lipinski definition) is 8. The van der Waals surface area contributed by atoms with Crippen LogP contribution >= 0.6 is 11.3 Å².